The van der Waals surface area contributed by atoms with Gasteiger partial charge >= 0.3 is 0 Å². The summed E-state index contributed by atoms with van der Waals surface area (Å²) in [6.45, 7) is 0. The minimum atomic E-state index is -3.54. The van der Waals surface area contributed by atoms with Gasteiger partial charge in [-0.1, -0.05) is 11.6 Å². The fourth-order valence-electron chi connectivity index (χ4n) is 1.65. The summed E-state index contributed by atoms with van der Waals surface area (Å²) in [7, 11) is -3.54. The van der Waals surface area contributed by atoms with Gasteiger partial charge in [0, 0.05) is 17.5 Å². The van der Waals surface area contributed by atoms with Crippen molar-refractivity contribution in [2.75, 3.05) is 17.2 Å². The quantitative estimate of drug-likeness (QED) is 0.832. The van der Waals surface area contributed by atoms with Crippen LogP contribution in [0.25, 0.3) is 0 Å². The number of thioether (sulfide) groups is 1. The predicted molar refractivity (Wildman–Crippen MR) is 71.9 cm³/mol. The second kappa shape index (κ2) is 5.06. The minimum absolute atomic E-state index is 0.00128. The second-order valence-corrected chi connectivity index (χ2v) is 7.11. The average molecular weight is 293 g/mol. The van der Waals surface area contributed by atoms with E-state index in [4.69, 9.17) is 17.3 Å². The van der Waals surface area contributed by atoms with Gasteiger partial charge in [0.05, 0.1) is 5.02 Å². The number of hydrogen-bond acceptors (Lipinski definition) is 4. The number of anilines is 1. The summed E-state index contributed by atoms with van der Waals surface area (Å²) in [5.74, 6) is 1.80. The maximum absolute atomic E-state index is 12.1. The highest BCUT2D eigenvalue weighted by Gasteiger charge is 2.24. The maximum atomic E-state index is 12.1. The van der Waals surface area contributed by atoms with Crippen LogP contribution in [0.4, 0.5) is 5.69 Å². The Morgan fingerprint density at radius 3 is 2.82 bits per heavy atom. The van der Waals surface area contributed by atoms with Gasteiger partial charge in [-0.15, -0.1) is 0 Å². The van der Waals surface area contributed by atoms with Crippen LogP contribution in [0.2, 0.25) is 5.02 Å². The van der Waals surface area contributed by atoms with Gasteiger partial charge in [0.15, 0.2) is 0 Å². The zero-order valence-corrected chi connectivity index (χ0v) is 11.4. The Bertz CT molecular complexity index is 513. The second-order valence-electron chi connectivity index (χ2n) is 3.87. The van der Waals surface area contributed by atoms with Gasteiger partial charge < -0.3 is 5.73 Å². The molecule has 2 rings (SSSR count). The van der Waals surface area contributed by atoms with Gasteiger partial charge in [-0.25, -0.2) is 13.1 Å². The molecular weight excluding hydrogens is 280 g/mol. The molecule has 1 heterocycles. The zero-order chi connectivity index (χ0) is 12.5. The third-order valence-corrected chi connectivity index (χ3v) is 5.66. The Hall–Kier alpha value is -0.430. The summed E-state index contributed by atoms with van der Waals surface area (Å²) in [6.07, 6.45) is 0.858. The van der Waals surface area contributed by atoms with E-state index in [1.807, 2.05) is 0 Å². The Morgan fingerprint density at radius 1 is 1.47 bits per heavy atom. The number of nitrogen functional groups attached to an aromatic ring is 1. The lowest BCUT2D eigenvalue weighted by atomic mass is 10.3. The first-order valence-corrected chi connectivity index (χ1v) is 8.16. The van der Waals surface area contributed by atoms with Crippen LogP contribution in [0.1, 0.15) is 6.42 Å². The Balaban J connectivity index is 2.24. The van der Waals surface area contributed by atoms with Crippen LogP contribution in [0.15, 0.2) is 23.1 Å². The molecule has 1 aromatic carbocycles. The standard InChI is InChI=1S/C10H13ClN2O2S2/c11-9-5-7(12)1-2-10(9)17(14,15)13-8-3-4-16-6-8/h1-2,5,8,13H,3-4,6,12H2. The number of halogens is 1. The van der Waals surface area contributed by atoms with E-state index in [-0.39, 0.29) is 16.0 Å². The SMILES string of the molecule is Nc1ccc(S(=O)(=O)NC2CCSC2)c(Cl)c1. The molecule has 1 aliphatic rings. The maximum Gasteiger partial charge on any atom is 0.242 e. The van der Waals surface area contributed by atoms with Crippen LogP contribution >= 0.6 is 23.4 Å². The molecule has 0 bridgehead atoms. The fraction of sp³-hybridized carbons (Fsp3) is 0.400. The highest BCUT2D eigenvalue weighted by Crippen LogP contribution is 2.25. The molecule has 0 aromatic heterocycles. The summed E-state index contributed by atoms with van der Waals surface area (Å²) < 4.78 is 26.8. The lowest BCUT2D eigenvalue weighted by Gasteiger charge is -2.13. The Kier molecular flexibility index (Phi) is 3.87. The molecule has 3 N–H and O–H groups in total. The van der Waals surface area contributed by atoms with Crippen molar-refractivity contribution in [3.63, 3.8) is 0 Å². The summed E-state index contributed by atoms with van der Waals surface area (Å²) in [6, 6.07) is 4.41. The van der Waals surface area contributed by atoms with Crippen LogP contribution in [0.5, 0.6) is 0 Å². The fourth-order valence-corrected chi connectivity index (χ4v) is 4.73. The minimum Gasteiger partial charge on any atom is -0.399 e. The van der Waals surface area contributed by atoms with Gasteiger partial charge in [-0.3, -0.25) is 0 Å². The first-order valence-electron chi connectivity index (χ1n) is 5.14. The predicted octanol–water partition coefficient (Wildman–Crippen LogP) is 1.71. The van der Waals surface area contributed by atoms with E-state index in [1.165, 1.54) is 18.2 Å². The summed E-state index contributed by atoms with van der Waals surface area (Å²) in [5, 5.41) is 0.156. The van der Waals surface area contributed by atoms with E-state index >= 15 is 0 Å². The summed E-state index contributed by atoms with van der Waals surface area (Å²) in [5.41, 5.74) is 5.98. The monoisotopic (exact) mass is 292 g/mol. The van der Waals surface area contributed by atoms with Crippen LogP contribution in [-0.2, 0) is 10.0 Å². The molecule has 0 saturated carbocycles. The lowest BCUT2D eigenvalue weighted by molar-refractivity contribution is 0.563. The van der Waals surface area contributed by atoms with Crippen molar-refractivity contribution in [3.8, 4) is 0 Å². The van der Waals surface area contributed by atoms with E-state index in [0.29, 0.717) is 5.69 Å². The number of nitrogens with one attached hydrogen (secondary N) is 1. The van der Waals surface area contributed by atoms with Crippen molar-refractivity contribution in [2.45, 2.75) is 17.4 Å². The molecule has 1 unspecified atom stereocenters. The van der Waals surface area contributed by atoms with Crippen molar-refractivity contribution in [1.29, 1.82) is 0 Å². The number of benzene rings is 1. The van der Waals surface area contributed by atoms with Gasteiger partial charge in [-0.2, -0.15) is 11.8 Å². The summed E-state index contributed by atoms with van der Waals surface area (Å²) in [4.78, 5) is 0.0882. The smallest absolute Gasteiger partial charge is 0.242 e. The molecule has 0 spiro atoms. The van der Waals surface area contributed by atoms with Crippen molar-refractivity contribution in [2.24, 2.45) is 0 Å². The Labute approximate surface area is 110 Å². The first-order chi connectivity index (χ1) is 7.99. The van der Waals surface area contributed by atoms with Crippen LogP contribution in [0, 0.1) is 0 Å². The van der Waals surface area contributed by atoms with Crippen molar-refractivity contribution < 1.29 is 8.42 Å². The third-order valence-electron chi connectivity index (χ3n) is 2.50. The highest BCUT2D eigenvalue weighted by molar-refractivity contribution is 7.99. The first kappa shape index (κ1) is 13.0. The molecule has 0 amide bonds. The van der Waals surface area contributed by atoms with E-state index < -0.39 is 10.0 Å². The van der Waals surface area contributed by atoms with E-state index in [0.717, 1.165) is 17.9 Å². The largest absolute Gasteiger partial charge is 0.399 e. The zero-order valence-electron chi connectivity index (χ0n) is 9.02. The molecule has 4 nitrogen and oxygen atoms in total. The van der Waals surface area contributed by atoms with E-state index in [1.54, 1.807) is 11.8 Å². The normalized spacial score (nSPS) is 20.6. The number of hydrogen-bond donors (Lipinski definition) is 2. The van der Waals surface area contributed by atoms with Crippen LogP contribution in [0.3, 0.4) is 0 Å². The highest BCUT2D eigenvalue weighted by atomic mass is 35.5. The van der Waals surface area contributed by atoms with Gasteiger partial charge in [0.25, 0.3) is 0 Å². The molecule has 1 aromatic rings. The van der Waals surface area contributed by atoms with Gasteiger partial charge in [0.2, 0.25) is 10.0 Å². The van der Waals surface area contributed by atoms with Crippen molar-refractivity contribution in [1.82, 2.24) is 4.72 Å². The molecule has 17 heavy (non-hydrogen) atoms. The van der Waals surface area contributed by atoms with Crippen LogP contribution in [-0.4, -0.2) is 26.0 Å². The molecule has 1 saturated heterocycles. The molecule has 7 heteroatoms. The number of sulfonamides is 1. The molecule has 94 valence electrons. The molecule has 0 aliphatic carbocycles. The van der Waals surface area contributed by atoms with Crippen LogP contribution < -0.4 is 10.5 Å². The average Bonchev–Trinajstić information content (AvgIpc) is 2.68. The number of rotatable bonds is 3. The van der Waals surface area contributed by atoms with Gasteiger partial charge in [0.1, 0.15) is 4.90 Å². The number of nitrogens with two attached hydrogens (primary N) is 1. The third kappa shape index (κ3) is 3.07. The Morgan fingerprint density at radius 2 is 2.24 bits per heavy atom. The topological polar surface area (TPSA) is 72.2 Å². The van der Waals surface area contributed by atoms with E-state index in [9.17, 15) is 8.42 Å². The summed E-state index contributed by atoms with van der Waals surface area (Å²) >= 11 is 7.64. The van der Waals surface area contributed by atoms with Crippen molar-refractivity contribution >= 4 is 39.1 Å². The van der Waals surface area contributed by atoms with E-state index in [2.05, 4.69) is 4.72 Å². The molecule has 1 aliphatic heterocycles. The lowest BCUT2D eigenvalue weighted by Crippen LogP contribution is -2.34. The van der Waals surface area contributed by atoms with Gasteiger partial charge in [-0.05, 0) is 30.4 Å². The van der Waals surface area contributed by atoms with Crippen molar-refractivity contribution in [3.05, 3.63) is 23.2 Å². The molecule has 1 fully saturated rings. The molecular formula is C10H13ClN2O2S2. The molecule has 1 atom stereocenters. The molecule has 0 radical (unpaired) electrons.